The smallest absolute Gasteiger partial charge is 0.229 e. The van der Waals surface area contributed by atoms with Gasteiger partial charge in [0.2, 0.25) is 5.95 Å². The number of nitrogens with one attached hydrogen (secondary N) is 2. The van der Waals surface area contributed by atoms with E-state index in [1.54, 1.807) is 0 Å². The van der Waals surface area contributed by atoms with Gasteiger partial charge in [-0.1, -0.05) is 0 Å². The lowest BCUT2D eigenvalue weighted by Gasteiger charge is -2.36. The van der Waals surface area contributed by atoms with Crippen LogP contribution < -0.4 is 9.80 Å². The number of morpholine rings is 2. The van der Waals surface area contributed by atoms with Crippen LogP contribution in [0.2, 0.25) is 0 Å². The number of hydrogen-bond acceptors (Lipinski definition) is 8. The third-order valence-electron chi connectivity index (χ3n) is 6.75. The fourth-order valence-corrected chi connectivity index (χ4v) is 4.92. The van der Waals surface area contributed by atoms with Gasteiger partial charge in [0.05, 0.1) is 45.1 Å². The highest BCUT2D eigenvalue weighted by Crippen LogP contribution is 2.33. The Balaban J connectivity index is 1.54. The van der Waals surface area contributed by atoms with E-state index in [-0.39, 0.29) is 18.7 Å². The van der Waals surface area contributed by atoms with E-state index in [9.17, 15) is 5.11 Å². The second kappa shape index (κ2) is 8.53. The maximum Gasteiger partial charge on any atom is 0.229 e. The highest BCUT2D eigenvalue weighted by Gasteiger charge is 2.28. The van der Waals surface area contributed by atoms with E-state index in [0.717, 1.165) is 46.5 Å². The lowest BCUT2D eigenvalue weighted by molar-refractivity contribution is 0.0973. The molecule has 3 aromatic heterocycles. The van der Waals surface area contributed by atoms with Crippen molar-refractivity contribution in [1.82, 2.24) is 24.9 Å². The molecule has 2 atom stereocenters. The molecule has 1 aromatic carbocycles. The van der Waals surface area contributed by atoms with Crippen LogP contribution in [0.25, 0.3) is 33.5 Å². The summed E-state index contributed by atoms with van der Waals surface area (Å²) in [5, 5.41) is 10.8. The minimum Gasteiger partial charge on any atom is -0.392 e. The van der Waals surface area contributed by atoms with E-state index in [2.05, 4.69) is 33.6 Å². The van der Waals surface area contributed by atoms with Crippen LogP contribution in [0, 0.1) is 0 Å². The first-order valence-corrected chi connectivity index (χ1v) is 11.8. The number of hydrogen-bond donors (Lipinski definition) is 3. The zero-order valence-electron chi connectivity index (χ0n) is 19.4. The van der Waals surface area contributed by atoms with E-state index in [0.29, 0.717) is 43.8 Å². The maximum absolute atomic E-state index is 9.79. The van der Waals surface area contributed by atoms with Crippen molar-refractivity contribution in [2.75, 3.05) is 49.3 Å². The summed E-state index contributed by atoms with van der Waals surface area (Å²) in [6.07, 6.45) is 1.90. The topological polar surface area (TPSA) is 115 Å². The summed E-state index contributed by atoms with van der Waals surface area (Å²) in [7, 11) is 0. The number of H-pyrrole nitrogens is 2. The zero-order chi connectivity index (χ0) is 23.2. The predicted octanol–water partition coefficient (Wildman–Crippen LogP) is 2.44. The van der Waals surface area contributed by atoms with Gasteiger partial charge in [-0.3, -0.25) is 0 Å². The maximum atomic E-state index is 9.79. The quantitative estimate of drug-likeness (QED) is 0.423. The first-order chi connectivity index (χ1) is 16.6. The molecule has 0 radical (unpaired) electrons. The van der Waals surface area contributed by atoms with E-state index < -0.39 is 0 Å². The molecule has 2 aliphatic rings. The second-order valence-electron chi connectivity index (χ2n) is 9.11. The number of rotatable bonds is 4. The molecule has 2 aliphatic heterocycles. The number of ether oxygens (including phenoxy) is 2. The van der Waals surface area contributed by atoms with Crippen LogP contribution >= 0.6 is 0 Å². The lowest BCUT2D eigenvalue weighted by Crippen LogP contribution is -2.46. The van der Waals surface area contributed by atoms with Crippen molar-refractivity contribution >= 4 is 33.8 Å². The van der Waals surface area contributed by atoms with Gasteiger partial charge in [-0.2, -0.15) is 9.97 Å². The van der Waals surface area contributed by atoms with Gasteiger partial charge in [-0.15, -0.1) is 0 Å². The van der Waals surface area contributed by atoms with Gasteiger partial charge in [0.1, 0.15) is 11.3 Å². The van der Waals surface area contributed by atoms with Crippen molar-refractivity contribution in [3.8, 4) is 11.4 Å². The number of anilines is 2. The van der Waals surface area contributed by atoms with Crippen molar-refractivity contribution in [3.05, 3.63) is 30.0 Å². The highest BCUT2D eigenvalue weighted by atomic mass is 16.5. The van der Waals surface area contributed by atoms with Crippen molar-refractivity contribution < 1.29 is 14.6 Å². The molecule has 0 spiro atoms. The lowest BCUT2D eigenvalue weighted by atomic mass is 10.1. The molecule has 3 N–H and O–H groups in total. The zero-order valence-corrected chi connectivity index (χ0v) is 19.4. The van der Waals surface area contributed by atoms with Gasteiger partial charge in [0, 0.05) is 35.8 Å². The molecule has 0 saturated carbocycles. The van der Waals surface area contributed by atoms with E-state index >= 15 is 0 Å². The van der Waals surface area contributed by atoms with Crippen molar-refractivity contribution in [2.24, 2.45) is 0 Å². The highest BCUT2D eigenvalue weighted by molar-refractivity contribution is 5.96. The monoisotopic (exact) mass is 463 g/mol. The van der Waals surface area contributed by atoms with Gasteiger partial charge in [0.15, 0.2) is 11.5 Å². The van der Waals surface area contributed by atoms with Gasteiger partial charge in [-0.25, -0.2) is 4.98 Å². The molecule has 2 unspecified atom stereocenters. The van der Waals surface area contributed by atoms with Crippen LogP contribution in [-0.2, 0) is 16.1 Å². The average Bonchev–Trinajstić information content (AvgIpc) is 3.50. The molecule has 6 rings (SSSR count). The number of aromatic nitrogens is 5. The van der Waals surface area contributed by atoms with Gasteiger partial charge in [-0.05, 0) is 37.6 Å². The SMILES string of the molecule is CC1COCCN1c1nc(N2CCOCC2C)c2[nH]c(-c3cc(CO)cc4[nH]ccc34)nc2n1. The Morgan fingerprint density at radius 2 is 1.79 bits per heavy atom. The molecule has 34 heavy (non-hydrogen) atoms. The summed E-state index contributed by atoms with van der Waals surface area (Å²) in [5.41, 5.74) is 4.14. The van der Waals surface area contributed by atoms with E-state index in [4.69, 9.17) is 24.4 Å². The molecule has 0 aliphatic carbocycles. The van der Waals surface area contributed by atoms with E-state index in [1.165, 1.54) is 0 Å². The van der Waals surface area contributed by atoms with Crippen LogP contribution in [0.5, 0.6) is 0 Å². The molecule has 0 amide bonds. The summed E-state index contributed by atoms with van der Waals surface area (Å²) in [6.45, 7) is 8.33. The second-order valence-corrected chi connectivity index (χ2v) is 9.11. The van der Waals surface area contributed by atoms with Gasteiger partial charge in [0.25, 0.3) is 0 Å². The molecule has 0 bridgehead atoms. The number of aromatic amines is 2. The molecule has 4 aromatic rings. The Bertz CT molecular complexity index is 1330. The molecular weight excluding hydrogens is 434 g/mol. The Morgan fingerprint density at radius 1 is 1.03 bits per heavy atom. The van der Waals surface area contributed by atoms with Crippen molar-refractivity contribution in [3.63, 3.8) is 0 Å². The van der Waals surface area contributed by atoms with Crippen LogP contribution in [0.3, 0.4) is 0 Å². The summed E-state index contributed by atoms with van der Waals surface area (Å²) in [5.74, 6) is 2.22. The van der Waals surface area contributed by atoms with Crippen LogP contribution in [0.1, 0.15) is 19.4 Å². The number of benzene rings is 1. The number of aliphatic hydroxyl groups excluding tert-OH is 1. The molecule has 2 fully saturated rings. The van der Waals surface area contributed by atoms with E-state index in [1.807, 2.05) is 24.4 Å². The summed E-state index contributed by atoms with van der Waals surface area (Å²) in [6, 6.07) is 6.32. The van der Waals surface area contributed by atoms with Gasteiger partial charge < -0.3 is 34.3 Å². The minimum atomic E-state index is -0.0440. The standard InChI is InChI=1S/C24H29N7O3/c1-14-12-33-7-5-30(14)23-20-22(28-24(29-23)31-6-8-34-13-15(31)2)27-21(26-20)18-9-16(11-32)10-19-17(18)3-4-25-19/h3-4,9-10,14-15,25,32H,5-8,11-13H2,1-2H3,(H,26,27,28,29). The number of aliphatic hydroxyl groups is 1. The molecule has 10 nitrogen and oxygen atoms in total. The predicted molar refractivity (Wildman–Crippen MR) is 130 cm³/mol. The Labute approximate surface area is 196 Å². The third-order valence-corrected chi connectivity index (χ3v) is 6.75. The molecule has 5 heterocycles. The minimum absolute atomic E-state index is 0.0440. The fraction of sp³-hybridized carbons (Fsp3) is 0.458. The summed E-state index contributed by atoms with van der Waals surface area (Å²) < 4.78 is 11.3. The van der Waals surface area contributed by atoms with Crippen LogP contribution in [0.4, 0.5) is 11.8 Å². The Hall–Kier alpha value is -3.21. The fourth-order valence-electron chi connectivity index (χ4n) is 4.92. The number of nitrogens with zero attached hydrogens (tertiary/aromatic N) is 5. The summed E-state index contributed by atoms with van der Waals surface area (Å²) >= 11 is 0. The third kappa shape index (κ3) is 3.58. The van der Waals surface area contributed by atoms with Crippen LogP contribution in [0.15, 0.2) is 24.4 Å². The number of fused-ring (bicyclic) bond motifs is 2. The van der Waals surface area contributed by atoms with Crippen LogP contribution in [-0.4, -0.2) is 81.6 Å². The number of imidazole rings is 1. The molecule has 178 valence electrons. The normalized spacial score (nSPS) is 21.6. The first-order valence-electron chi connectivity index (χ1n) is 11.8. The first kappa shape index (κ1) is 21.3. The van der Waals surface area contributed by atoms with Crippen molar-refractivity contribution in [1.29, 1.82) is 0 Å². The molecular formula is C24H29N7O3. The Morgan fingerprint density at radius 3 is 2.53 bits per heavy atom. The van der Waals surface area contributed by atoms with Gasteiger partial charge >= 0.3 is 0 Å². The average molecular weight is 464 g/mol. The summed E-state index contributed by atoms with van der Waals surface area (Å²) in [4.78, 5) is 26.1. The molecule has 2 saturated heterocycles. The largest absolute Gasteiger partial charge is 0.392 e. The van der Waals surface area contributed by atoms with Crippen molar-refractivity contribution in [2.45, 2.75) is 32.5 Å². The Kier molecular flexibility index (Phi) is 5.35. The molecule has 10 heteroatoms.